The molecule has 170 valence electrons. The predicted molar refractivity (Wildman–Crippen MR) is 126 cm³/mol. The Balaban J connectivity index is 1.64. The van der Waals surface area contributed by atoms with E-state index in [-0.39, 0.29) is 24.0 Å². The fourth-order valence-corrected chi connectivity index (χ4v) is 4.70. The molecule has 4 aromatic rings. The SMILES string of the molecule is CC[C@H]1Cc2c([nH]c3ccccc23)[C@@H](c2c(O)n(Cc3ccc(OC)cc3)c(=O)[nH]c2=O)N1. The highest BCUT2D eigenvalue weighted by Crippen LogP contribution is 2.36. The lowest BCUT2D eigenvalue weighted by Gasteiger charge is -2.31. The zero-order chi connectivity index (χ0) is 23.1. The van der Waals surface area contributed by atoms with Crippen LogP contribution in [0.3, 0.4) is 0 Å². The van der Waals surface area contributed by atoms with E-state index in [9.17, 15) is 14.7 Å². The van der Waals surface area contributed by atoms with Crippen LogP contribution in [-0.2, 0) is 13.0 Å². The summed E-state index contributed by atoms with van der Waals surface area (Å²) in [5.74, 6) is 0.360. The Hall–Kier alpha value is -3.78. The van der Waals surface area contributed by atoms with Gasteiger partial charge in [0.15, 0.2) is 0 Å². The monoisotopic (exact) mass is 446 g/mol. The molecular formula is C25H26N4O4. The number of benzene rings is 2. The first-order valence-electron chi connectivity index (χ1n) is 11.0. The molecule has 0 bridgehead atoms. The van der Waals surface area contributed by atoms with Gasteiger partial charge in [-0.2, -0.15) is 0 Å². The van der Waals surface area contributed by atoms with Gasteiger partial charge in [0, 0.05) is 22.6 Å². The summed E-state index contributed by atoms with van der Waals surface area (Å²) in [6, 6.07) is 14.8. The number of aromatic hydroxyl groups is 1. The van der Waals surface area contributed by atoms with E-state index >= 15 is 0 Å². The number of para-hydroxylation sites is 1. The van der Waals surface area contributed by atoms with Crippen LogP contribution in [0, 0.1) is 0 Å². The van der Waals surface area contributed by atoms with E-state index < -0.39 is 17.3 Å². The molecule has 0 spiro atoms. The molecule has 0 saturated heterocycles. The van der Waals surface area contributed by atoms with Gasteiger partial charge >= 0.3 is 5.69 Å². The van der Waals surface area contributed by atoms with Crippen LogP contribution < -0.4 is 21.3 Å². The number of hydrogen-bond donors (Lipinski definition) is 4. The van der Waals surface area contributed by atoms with E-state index in [1.807, 2.05) is 30.3 Å². The second-order valence-electron chi connectivity index (χ2n) is 8.40. The Labute approximate surface area is 189 Å². The lowest BCUT2D eigenvalue weighted by atomic mass is 9.90. The number of fused-ring (bicyclic) bond motifs is 3. The summed E-state index contributed by atoms with van der Waals surface area (Å²) in [6.07, 6.45) is 1.68. The largest absolute Gasteiger partial charge is 0.497 e. The fraction of sp³-hybridized carbons (Fsp3) is 0.280. The van der Waals surface area contributed by atoms with E-state index in [1.54, 1.807) is 19.2 Å². The minimum Gasteiger partial charge on any atom is -0.497 e. The number of ether oxygens (including phenoxy) is 1. The summed E-state index contributed by atoms with van der Waals surface area (Å²) in [7, 11) is 1.58. The lowest BCUT2D eigenvalue weighted by Crippen LogP contribution is -2.43. The molecule has 0 amide bonds. The summed E-state index contributed by atoms with van der Waals surface area (Å²) < 4.78 is 6.38. The average molecular weight is 447 g/mol. The van der Waals surface area contributed by atoms with Crippen LogP contribution in [0.5, 0.6) is 11.6 Å². The molecule has 2 aromatic carbocycles. The second kappa shape index (κ2) is 8.29. The average Bonchev–Trinajstić information content (AvgIpc) is 3.20. The highest BCUT2D eigenvalue weighted by atomic mass is 16.5. The van der Waals surface area contributed by atoms with Gasteiger partial charge in [-0.25, -0.2) is 4.79 Å². The van der Waals surface area contributed by atoms with E-state index in [4.69, 9.17) is 4.74 Å². The Morgan fingerprint density at radius 2 is 1.85 bits per heavy atom. The van der Waals surface area contributed by atoms with E-state index in [1.165, 1.54) is 4.57 Å². The number of aromatic nitrogens is 3. The Morgan fingerprint density at radius 3 is 2.58 bits per heavy atom. The second-order valence-corrected chi connectivity index (χ2v) is 8.40. The predicted octanol–water partition coefficient (Wildman–Crippen LogP) is 2.79. The standard InChI is InChI=1S/C25H26N4O4/c1-3-15-12-18-17-6-4-5-7-19(17)27-21(18)22(26-15)20-23(30)28-25(32)29(24(20)31)13-14-8-10-16(33-2)11-9-14/h4-11,15,22,26-27,31H,3,12-13H2,1-2H3,(H,28,30,32)/t15-,22+/m0/s1. The highest BCUT2D eigenvalue weighted by Gasteiger charge is 2.34. The molecule has 0 unspecified atom stereocenters. The normalized spacial score (nSPS) is 17.8. The molecule has 0 radical (unpaired) electrons. The molecule has 4 N–H and O–H groups in total. The lowest BCUT2D eigenvalue weighted by molar-refractivity contribution is 0.372. The summed E-state index contributed by atoms with van der Waals surface area (Å²) in [4.78, 5) is 31.4. The molecule has 2 aromatic heterocycles. The van der Waals surface area contributed by atoms with E-state index in [0.717, 1.165) is 40.6 Å². The number of nitrogens with one attached hydrogen (secondary N) is 3. The number of aromatic amines is 2. The van der Waals surface area contributed by atoms with Crippen molar-refractivity contribution >= 4 is 10.9 Å². The van der Waals surface area contributed by atoms with Gasteiger partial charge in [0.2, 0.25) is 5.88 Å². The summed E-state index contributed by atoms with van der Waals surface area (Å²) in [6.45, 7) is 2.20. The molecule has 0 fully saturated rings. The van der Waals surface area contributed by atoms with Gasteiger partial charge in [0.1, 0.15) is 11.3 Å². The molecule has 8 nitrogen and oxygen atoms in total. The van der Waals surface area contributed by atoms with Gasteiger partial charge < -0.3 is 20.1 Å². The number of H-pyrrole nitrogens is 2. The molecule has 33 heavy (non-hydrogen) atoms. The molecule has 1 aliphatic rings. The number of methoxy groups -OCH3 is 1. The summed E-state index contributed by atoms with van der Waals surface area (Å²) in [5.41, 5.74) is 2.63. The van der Waals surface area contributed by atoms with Crippen molar-refractivity contribution in [3.63, 3.8) is 0 Å². The molecule has 5 rings (SSSR count). The number of rotatable bonds is 5. The minimum atomic E-state index is -0.656. The van der Waals surface area contributed by atoms with Gasteiger partial charge in [-0.05, 0) is 42.2 Å². The highest BCUT2D eigenvalue weighted by molar-refractivity contribution is 5.85. The zero-order valence-corrected chi connectivity index (χ0v) is 18.5. The van der Waals surface area contributed by atoms with Gasteiger partial charge in [0.25, 0.3) is 5.56 Å². The van der Waals surface area contributed by atoms with Crippen molar-refractivity contribution in [3.05, 3.63) is 91.8 Å². The third kappa shape index (κ3) is 3.62. The Kier molecular flexibility index (Phi) is 5.30. The van der Waals surface area contributed by atoms with Gasteiger partial charge in [-0.1, -0.05) is 37.3 Å². The van der Waals surface area contributed by atoms with E-state index in [2.05, 4.69) is 28.3 Å². The molecule has 0 aliphatic carbocycles. The smallest absolute Gasteiger partial charge is 0.331 e. The Bertz CT molecular complexity index is 1430. The van der Waals surface area contributed by atoms with Crippen LogP contribution in [-0.4, -0.2) is 32.8 Å². The first-order chi connectivity index (χ1) is 16.0. The Morgan fingerprint density at radius 1 is 1.09 bits per heavy atom. The van der Waals surface area contributed by atoms with Crippen molar-refractivity contribution < 1.29 is 9.84 Å². The van der Waals surface area contributed by atoms with Crippen molar-refractivity contribution in [2.45, 2.75) is 38.4 Å². The minimum absolute atomic E-state index is 0.113. The quantitative estimate of drug-likeness (QED) is 0.377. The summed E-state index contributed by atoms with van der Waals surface area (Å²) in [5, 5.41) is 15.8. The first-order valence-corrected chi connectivity index (χ1v) is 11.0. The molecule has 2 atom stereocenters. The fourth-order valence-electron chi connectivity index (χ4n) is 4.70. The van der Waals surface area contributed by atoms with E-state index in [0.29, 0.717) is 5.75 Å². The number of hydrogen-bond acceptors (Lipinski definition) is 5. The van der Waals surface area contributed by atoms with Crippen LogP contribution in [0.4, 0.5) is 0 Å². The van der Waals surface area contributed by atoms with Gasteiger partial charge in [-0.15, -0.1) is 0 Å². The van der Waals surface area contributed by atoms with Gasteiger partial charge in [0.05, 0.1) is 19.7 Å². The van der Waals surface area contributed by atoms with Crippen molar-refractivity contribution in [3.8, 4) is 11.6 Å². The molecular weight excluding hydrogens is 420 g/mol. The maximum absolute atomic E-state index is 13.0. The van der Waals surface area contributed by atoms with Crippen molar-refractivity contribution in [2.24, 2.45) is 0 Å². The van der Waals surface area contributed by atoms with Crippen molar-refractivity contribution in [1.82, 2.24) is 19.9 Å². The van der Waals surface area contributed by atoms with Crippen LogP contribution in [0.15, 0.2) is 58.1 Å². The molecule has 1 aliphatic heterocycles. The number of nitrogens with zero attached hydrogens (tertiary/aromatic N) is 1. The van der Waals surface area contributed by atoms with Crippen molar-refractivity contribution in [2.75, 3.05) is 7.11 Å². The molecule has 0 saturated carbocycles. The molecule has 3 heterocycles. The van der Waals surface area contributed by atoms with Crippen LogP contribution >= 0.6 is 0 Å². The van der Waals surface area contributed by atoms with Crippen LogP contribution in [0.1, 0.15) is 41.8 Å². The first kappa shape index (κ1) is 21.1. The van der Waals surface area contributed by atoms with Gasteiger partial charge in [-0.3, -0.25) is 14.3 Å². The zero-order valence-electron chi connectivity index (χ0n) is 18.5. The third-order valence-corrected chi connectivity index (χ3v) is 6.48. The van der Waals surface area contributed by atoms with Crippen molar-refractivity contribution in [1.29, 1.82) is 0 Å². The third-order valence-electron chi connectivity index (χ3n) is 6.48. The maximum atomic E-state index is 13.0. The van der Waals surface area contributed by atoms with Crippen LogP contribution in [0.25, 0.3) is 10.9 Å². The van der Waals surface area contributed by atoms with Crippen LogP contribution in [0.2, 0.25) is 0 Å². The summed E-state index contributed by atoms with van der Waals surface area (Å²) >= 11 is 0. The maximum Gasteiger partial charge on any atom is 0.331 e. The topological polar surface area (TPSA) is 112 Å². The molecule has 8 heteroatoms.